The van der Waals surface area contributed by atoms with Gasteiger partial charge in [0.2, 0.25) is 11.8 Å². The Labute approximate surface area is 200 Å². The van der Waals surface area contributed by atoms with Crippen LogP contribution in [0.1, 0.15) is 61.0 Å². The van der Waals surface area contributed by atoms with Gasteiger partial charge >= 0.3 is 0 Å². The van der Waals surface area contributed by atoms with E-state index in [1.54, 1.807) is 18.1 Å². The molecule has 3 amide bonds. The summed E-state index contributed by atoms with van der Waals surface area (Å²) in [7, 11) is 1.62. The van der Waals surface area contributed by atoms with Gasteiger partial charge in [-0.3, -0.25) is 14.4 Å². The fourth-order valence-corrected chi connectivity index (χ4v) is 4.93. The maximum atomic E-state index is 13.4. The number of unbranched alkanes of at least 4 members (excludes halogenated alkanes) is 1. The Morgan fingerprint density at radius 3 is 2.50 bits per heavy atom. The second-order valence-corrected chi connectivity index (χ2v) is 9.06. The molecule has 2 aliphatic heterocycles. The van der Waals surface area contributed by atoms with Gasteiger partial charge in [0.15, 0.2) is 0 Å². The zero-order valence-corrected chi connectivity index (χ0v) is 19.9. The first-order valence-corrected chi connectivity index (χ1v) is 12.1. The fourth-order valence-electron chi connectivity index (χ4n) is 4.93. The number of nitrogens with zero attached hydrogens (tertiary/aromatic N) is 2. The highest BCUT2D eigenvalue weighted by Gasteiger charge is 2.44. The number of rotatable bonds is 8. The van der Waals surface area contributed by atoms with Crippen LogP contribution in [0.15, 0.2) is 47.3 Å². The smallest absolute Gasteiger partial charge is 0.257 e. The van der Waals surface area contributed by atoms with Crippen LogP contribution in [0.2, 0.25) is 0 Å². The van der Waals surface area contributed by atoms with E-state index in [1.165, 1.54) is 12.5 Å². The molecular formula is C26H33N3O5. The van der Waals surface area contributed by atoms with E-state index in [4.69, 9.17) is 9.15 Å². The van der Waals surface area contributed by atoms with Crippen molar-refractivity contribution in [2.24, 2.45) is 5.92 Å². The lowest BCUT2D eigenvalue weighted by Gasteiger charge is -2.33. The largest absolute Gasteiger partial charge is 0.497 e. The molecule has 34 heavy (non-hydrogen) atoms. The van der Waals surface area contributed by atoms with Gasteiger partial charge in [0.05, 0.1) is 30.9 Å². The molecule has 1 N–H and O–H groups in total. The molecule has 0 radical (unpaired) electrons. The van der Waals surface area contributed by atoms with Crippen molar-refractivity contribution in [3.63, 3.8) is 0 Å². The molecule has 0 unspecified atom stereocenters. The number of nitrogens with one attached hydrogen (secondary N) is 1. The minimum atomic E-state index is -0.441. The van der Waals surface area contributed by atoms with Crippen LogP contribution in [0.25, 0.3) is 0 Å². The lowest BCUT2D eigenvalue weighted by Crippen LogP contribution is -2.48. The molecule has 0 spiro atoms. The zero-order chi connectivity index (χ0) is 24.1. The second-order valence-electron chi connectivity index (χ2n) is 9.06. The fraction of sp³-hybridized carbons (Fsp3) is 0.500. The number of benzene rings is 1. The van der Waals surface area contributed by atoms with Gasteiger partial charge in [-0.05, 0) is 43.0 Å². The Kier molecular flexibility index (Phi) is 7.55. The number of methoxy groups -OCH3 is 1. The average Bonchev–Trinajstić information content (AvgIpc) is 3.51. The first kappa shape index (κ1) is 23.9. The molecule has 3 heterocycles. The van der Waals surface area contributed by atoms with Gasteiger partial charge < -0.3 is 24.3 Å². The Morgan fingerprint density at radius 2 is 1.88 bits per heavy atom. The maximum Gasteiger partial charge on any atom is 0.257 e. The molecule has 182 valence electrons. The van der Waals surface area contributed by atoms with Crippen LogP contribution in [0.3, 0.4) is 0 Å². The quantitative estimate of drug-likeness (QED) is 0.643. The van der Waals surface area contributed by atoms with Gasteiger partial charge in [0.25, 0.3) is 5.91 Å². The molecule has 0 aliphatic carbocycles. The van der Waals surface area contributed by atoms with Crippen LogP contribution in [-0.4, -0.2) is 60.3 Å². The van der Waals surface area contributed by atoms with Crippen LogP contribution in [-0.2, 0) is 9.59 Å². The molecular weight excluding hydrogens is 434 g/mol. The van der Waals surface area contributed by atoms with E-state index in [1.807, 2.05) is 29.2 Å². The van der Waals surface area contributed by atoms with Gasteiger partial charge in [-0.25, -0.2) is 0 Å². The number of ether oxygens (including phenoxy) is 1. The summed E-state index contributed by atoms with van der Waals surface area (Å²) in [6.07, 6.45) is 6.40. The van der Waals surface area contributed by atoms with Crippen LogP contribution in [0, 0.1) is 5.92 Å². The monoisotopic (exact) mass is 467 g/mol. The van der Waals surface area contributed by atoms with E-state index in [0.29, 0.717) is 38.0 Å². The highest BCUT2D eigenvalue weighted by molar-refractivity contribution is 5.94. The van der Waals surface area contributed by atoms with Crippen LogP contribution in [0.5, 0.6) is 5.75 Å². The number of amides is 3. The normalized spacial score (nSPS) is 21.1. The molecule has 2 saturated heterocycles. The molecule has 2 aliphatic rings. The van der Waals surface area contributed by atoms with Crippen LogP contribution < -0.4 is 10.1 Å². The van der Waals surface area contributed by atoms with Gasteiger partial charge in [0, 0.05) is 32.1 Å². The van der Waals surface area contributed by atoms with Gasteiger partial charge in [-0.1, -0.05) is 25.5 Å². The van der Waals surface area contributed by atoms with Gasteiger partial charge in [-0.2, -0.15) is 0 Å². The van der Waals surface area contributed by atoms with Crippen molar-refractivity contribution in [3.8, 4) is 5.75 Å². The predicted octanol–water partition coefficient (Wildman–Crippen LogP) is 3.40. The summed E-state index contributed by atoms with van der Waals surface area (Å²) in [5, 5.41) is 3.18. The molecule has 4 rings (SSSR count). The summed E-state index contributed by atoms with van der Waals surface area (Å²) in [4.78, 5) is 42.5. The number of piperidine rings is 1. The summed E-state index contributed by atoms with van der Waals surface area (Å²) in [5.74, 6) is 0.183. The molecule has 8 nitrogen and oxygen atoms in total. The lowest BCUT2D eigenvalue weighted by molar-refractivity contribution is -0.129. The number of carbonyl (C=O) groups excluding carboxylic acids is 3. The van der Waals surface area contributed by atoms with Crippen LogP contribution >= 0.6 is 0 Å². The SMILES string of the molecule is CCCCN1C(=O)C[C@@H](C(=O)NC2CCN(C(=O)c3ccoc3)CC2)[C@@H]1c1ccc(OC)cc1. The molecule has 0 bridgehead atoms. The standard InChI is InChI=1S/C26H33N3O5/c1-3-4-12-29-23(30)16-22(24(29)18-5-7-21(33-2)8-6-18)25(31)27-20-9-13-28(14-10-20)26(32)19-11-15-34-17-19/h5-8,11,15,17,20,22,24H,3-4,9-10,12-14,16H2,1-2H3,(H,27,31)/t22-,24+/m1/s1. The molecule has 2 atom stereocenters. The highest BCUT2D eigenvalue weighted by atomic mass is 16.5. The summed E-state index contributed by atoms with van der Waals surface area (Å²) in [6.45, 7) is 3.88. The van der Waals surface area contributed by atoms with E-state index in [2.05, 4.69) is 12.2 Å². The molecule has 2 aromatic rings. The predicted molar refractivity (Wildman–Crippen MR) is 126 cm³/mol. The Bertz CT molecular complexity index is 980. The highest BCUT2D eigenvalue weighted by Crippen LogP contribution is 2.39. The minimum Gasteiger partial charge on any atom is -0.497 e. The molecule has 1 aromatic heterocycles. The summed E-state index contributed by atoms with van der Waals surface area (Å²) in [5.41, 5.74) is 1.49. The minimum absolute atomic E-state index is 0.0165. The van der Waals surface area contributed by atoms with Crippen molar-refractivity contribution in [1.82, 2.24) is 15.1 Å². The van der Waals surface area contributed by atoms with E-state index < -0.39 is 5.92 Å². The van der Waals surface area contributed by atoms with Gasteiger partial charge in [0.1, 0.15) is 12.0 Å². The van der Waals surface area contributed by atoms with Crippen molar-refractivity contribution in [2.45, 2.75) is 51.1 Å². The van der Waals surface area contributed by atoms with Crippen LogP contribution in [0.4, 0.5) is 0 Å². The number of carbonyl (C=O) groups is 3. The van der Waals surface area contributed by atoms with Crippen molar-refractivity contribution in [2.75, 3.05) is 26.7 Å². The zero-order valence-electron chi connectivity index (χ0n) is 19.9. The number of hydrogen-bond acceptors (Lipinski definition) is 5. The summed E-state index contributed by atoms with van der Waals surface area (Å²) < 4.78 is 10.3. The Balaban J connectivity index is 1.42. The molecule has 1 aromatic carbocycles. The van der Waals surface area contributed by atoms with Gasteiger partial charge in [-0.15, -0.1) is 0 Å². The average molecular weight is 468 g/mol. The Morgan fingerprint density at radius 1 is 1.15 bits per heavy atom. The lowest BCUT2D eigenvalue weighted by atomic mass is 9.91. The van der Waals surface area contributed by atoms with E-state index in [-0.39, 0.29) is 36.2 Å². The number of hydrogen-bond donors (Lipinski definition) is 1. The number of furan rings is 1. The van der Waals surface area contributed by atoms with Crippen molar-refractivity contribution < 1.29 is 23.5 Å². The third kappa shape index (κ3) is 5.11. The van der Waals surface area contributed by atoms with E-state index in [0.717, 1.165) is 24.2 Å². The summed E-state index contributed by atoms with van der Waals surface area (Å²) in [6, 6.07) is 9.00. The third-order valence-corrected chi connectivity index (χ3v) is 6.88. The third-order valence-electron chi connectivity index (χ3n) is 6.88. The van der Waals surface area contributed by atoms with Crippen molar-refractivity contribution in [1.29, 1.82) is 0 Å². The van der Waals surface area contributed by atoms with Crippen molar-refractivity contribution >= 4 is 17.7 Å². The van der Waals surface area contributed by atoms with E-state index in [9.17, 15) is 14.4 Å². The number of likely N-dealkylation sites (tertiary alicyclic amines) is 2. The Hall–Kier alpha value is -3.29. The molecule has 0 saturated carbocycles. The second kappa shape index (κ2) is 10.8. The maximum absolute atomic E-state index is 13.4. The van der Waals surface area contributed by atoms with E-state index >= 15 is 0 Å². The molecule has 2 fully saturated rings. The summed E-state index contributed by atoms with van der Waals surface area (Å²) >= 11 is 0. The first-order valence-electron chi connectivity index (χ1n) is 12.1. The van der Waals surface area contributed by atoms with Crippen molar-refractivity contribution in [3.05, 3.63) is 54.0 Å². The molecule has 8 heteroatoms. The topological polar surface area (TPSA) is 92.1 Å². The first-order chi connectivity index (χ1) is 16.5.